The number of hydrogen-bond acceptors (Lipinski definition) is 2. The van der Waals surface area contributed by atoms with Crippen LogP contribution in [0.1, 0.15) is 0 Å². The average molecular weight is 185 g/mol. The van der Waals surface area contributed by atoms with Crippen LogP contribution in [0.25, 0.3) is 0 Å². The van der Waals surface area contributed by atoms with Gasteiger partial charge < -0.3 is 10.6 Å². The van der Waals surface area contributed by atoms with Crippen molar-refractivity contribution in [2.75, 3.05) is 5.33 Å². The standard InChI is InChI=1S/C3H3BrO3.H2O/c4-1-2(5)3(6)7;/h1H2,(H,6,7);1H2. The molecule has 0 aliphatic carbocycles. The molecule has 0 aromatic carbocycles. The summed E-state index contributed by atoms with van der Waals surface area (Å²) in [6.07, 6.45) is 0. The summed E-state index contributed by atoms with van der Waals surface area (Å²) in [5, 5.41) is 7.69. The van der Waals surface area contributed by atoms with E-state index in [1.54, 1.807) is 0 Å². The van der Waals surface area contributed by atoms with Gasteiger partial charge in [-0.1, -0.05) is 15.9 Å². The molecule has 3 N–H and O–H groups in total. The summed E-state index contributed by atoms with van der Waals surface area (Å²) in [6, 6.07) is 0. The maximum Gasteiger partial charge on any atom is 0.373 e. The lowest BCUT2D eigenvalue weighted by atomic mass is 10.5. The number of Topliss-reactive ketones (excluding diaryl/α,β-unsaturated/α-hetero) is 1. The van der Waals surface area contributed by atoms with Crippen molar-refractivity contribution in [3.8, 4) is 0 Å². The Labute approximate surface area is 53.9 Å². The lowest BCUT2D eigenvalue weighted by Crippen LogP contribution is -2.12. The van der Waals surface area contributed by atoms with E-state index in [2.05, 4.69) is 15.9 Å². The molecule has 5 heteroatoms. The van der Waals surface area contributed by atoms with E-state index in [0.717, 1.165) is 0 Å². The highest BCUT2D eigenvalue weighted by Crippen LogP contribution is 1.80. The number of ketones is 1. The summed E-state index contributed by atoms with van der Waals surface area (Å²) in [6.45, 7) is 0. The molecule has 0 rings (SSSR count). The maximum atomic E-state index is 9.87. The molecule has 0 aromatic rings. The predicted octanol–water partition coefficient (Wildman–Crippen LogP) is -0.790. The fraction of sp³-hybridized carbons (Fsp3) is 0.333. The van der Waals surface area contributed by atoms with E-state index in [4.69, 9.17) is 5.11 Å². The SMILES string of the molecule is O.O=C(O)C(=O)CBr. The fourth-order valence-electron chi connectivity index (χ4n) is 0.0572. The van der Waals surface area contributed by atoms with E-state index in [1.165, 1.54) is 0 Å². The van der Waals surface area contributed by atoms with Crippen LogP contribution in [0, 0.1) is 0 Å². The van der Waals surface area contributed by atoms with E-state index in [-0.39, 0.29) is 10.8 Å². The van der Waals surface area contributed by atoms with E-state index < -0.39 is 11.8 Å². The number of aliphatic carboxylic acids is 1. The van der Waals surface area contributed by atoms with Crippen LogP contribution in [0.2, 0.25) is 0 Å². The zero-order chi connectivity index (χ0) is 5.86. The molecule has 0 aliphatic heterocycles. The van der Waals surface area contributed by atoms with Gasteiger partial charge in [0.25, 0.3) is 0 Å². The summed E-state index contributed by atoms with van der Waals surface area (Å²) in [7, 11) is 0. The molecule has 48 valence electrons. The number of carbonyl (C=O) groups is 2. The molecule has 0 heterocycles. The van der Waals surface area contributed by atoms with Gasteiger partial charge in [-0.25, -0.2) is 4.79 Å². The Morgan fingerprint density at radius 1 is 1.50 bits per heavy atom. The third-order valence-electron chi connectivity index (χ3n) is 0.360. The first kappa shape index (κ1) is 10.5. The second-order valence-corrected chi connectivity index (χ2v) is 1.42. The van der Waals surface area contributed by atoms with Crippen LogP contribution < -0.4 is 0 Å². The second kappa shape index (κ2) is 4.73. The van der Waals surface area contributed by atoms with Crippen LogP contribution >= 0.6 is 15.9 Å². The van der Waals surface area contributed by atoms with Gasteiger partial charge in [-0.3, -0.25) is 4.79 Å². The molecule has 0 amide bonds. The predicted molar refractivity (Wildman–Crippen MR) is 30.1 cm³/mol. The first-order valence-electron chi connectivity index (χ1n) is 1.50. The minimum absolute atomic E-state index is 0. The van der Waals surface area contributed by atoms with Crippen molar-refractivity contribution < 1.29 is 20.2 Å². The van der Waals surface area contributed by atoms with Gasteiger partial charge in [0.05, 0.1) is 5.33 Å². The molecule has 0 radical (unpaired) electrons. The van der Waals surface area contributed by atoms with Crippen LogP contribution in [-0.2, 0) is 9.59 Å². The Morgan fingerprint density at radius 2 is 1.88 bits per heavy atom. The van der Waals surface area contributed by atoms with Gasteiger partial charge in [-0.2, -0.15) is 0 Å². The molecule has 8 heavy (non-hydrogen) atoms. The molecule has 0 unspecified atom stereocenters. The average Bonchev–Trinajstić information content (AvgIpc) is 1.65. The number of carboxylic acids is 1. The topological polar surface area (TPSA) is 85.9 Å². The molecule has 0 saturated carbocycles. The van der Waals surface area contributed by atoms with Gasteiger partial charge in [-0.15, -0.1) is 0 Å². The van der Waals surface area contributed by atoms with E-state index in [0.29, 0.717) is 0 Å². The van der Waals surface area contributed by atoms with Crippen LogP contribution in [0.3, 0.4) is 0 Å². The lowest BCUT2D eigenvalue weighted by Gasteiger charge is -1.79. The Kier molecular flexibility index (Phi) is 6.23. The first-order valence-corrected chi connectivity index (χ1v) is 2.62. The van der Waals surface area contributed by atoms with Crippen LogP contribution in [0.15, 0.2) is 0 Å². The lowest BCUT2D eigenvalue weighted by molar-refractivity contribution is -0.147. The molecular weight excluding hydrogens is 180 g/mol. The van der Waals surface area contributed by atoms with Crippen molar-refractivity contribution in [3.05, 3.63) is 0 Å². The minimum atomic E-state index is -1.39. The molecule has 0 atom stereocenters. The van der Waals surface area contributed by atoms with Gasteiger partial charge in [-0.05, 0) is 0 Å². The highest BCUT2D eigenvalue weighted by Gasteiger charge is 2.06. The van der Waals surface area contributed by atoms with Gasteiger partial charge in [0, 0.05) is 0 Å². The Hall–Kier alpha value is -0.420. The summed E-state index contributed by atoms with van der Waals surface area (Å²) in [4.78, 5) is 19.4. The third-order valence-corrected chi connectivity index (χ3v) is 0.869. The van der Waals surface area contributed by atoms with E-state index in [9.17, 15) is 9.59 Å². The zero-order valence-electron chi connectivity index (χ0n) is 3.85. The zero-order valence-corrected chi connectivity index (χ0v) is 5.43. The van der Waals surface area contributed by atoms with Crippen LogP contribution in [0.4, 0.5) is 0 Å². The normalized spacial score (nSPS) is 7.12. The minimum Gasteiger partial charge on any atom is -0.475 e. The van der Waals surface area contributed by atoms with E-state index in [1.807, 2.05) is 0 Å². The molecule has 0 fully saturated rings. The molecule has 0 saturated heterocycles. The Morgan fingerprint density at radius 3 is 1.88 bits per heavy atom. The maximum absolute atomic E-state index is 9.87. The summed E-state index contributed by atoms with van der Waals surface area (Å²) < 4.78 is 0. The summed E-state index contributed by atoms with van der Waals surface area (Å²) in [5.74, 6) is -2.21. The number of carbonyl (C=O) groups excluding carboxylic acids is 1. The molecule has 4 nitrogen and oxygen atoms in total. The first-order chi connectivity index (χ1) is 3.18. The van der Waals surface area contributed by atoms with Crippen molar-refractivity contribution >= 4 is 27.7 Å². The number of alkyl halides is 1. The molecule has 0 spiro atoms. The smallest absolute Gasteiger partial charge is 0.373 e. The third kappa shape index (κ3) is 3.76. The molecule has 0 aromatic heterocycles. The van der Waals surface area contributed by atoms with Crippen molar-refractivity contribution in [2.24, 2.45) is 0 Å². The Bertz CT molecular complexity index is 99.5. The van der Waals surface area contributed by atoms with Crippen molar-refractivity contribution in [1.29, 1.82) is 0 Å². The van der Waals surface area contributed by atoms with Crippen molar-refractivity contribution in [3.63, 3.8) is 0 Å². The highest BCUT2D eigenvalue weighted by atomic mass is 79.9. The van der Waals surface area contributed by atoms with Gasteiger partial charge >= 0.3 is 5.97 Å². The monoisotopic (exact) mass is 184 g/mol. The summed E-state index contributed by atoms with van der Waals surface area (Å²) >= 11 is 2.68. The quantitative estimate of drug-likeness (QED) is 0.451. The van der Waals surface area contributed by atoms with Crippen molar-refractivity contribution in [2.45, 2.75) is 0 Å². The fourth-order valence-corrected chi connectivity index (χ4v) is 0.297. The van der Waals surface area contributed by atoms with Crippen molar-refractivity contribution in [1.82, 2.24) is 0 Å². The van der Waals surface area contributed by atoms with Gasteiger partial charge in [0.2, 0.25) is 5.78 Å². The largest absolute Gasteiger partial charge is 0.475 e. The number of hydrogen-bond donors (Lipinski definition) is 1. The van der Waals surface area contributed by atoms with Crippen LogP contribution in [0.5, 0.6) is 0 Å². The van der Waals surface area contributed by atoms with Gasteiger partial charge in [0.15, 0.2) is 0 Å². The molecular formula is C3H5BrO4. The second-order valence-electron chi connectivity index (χ2n) is 0.862. The number of rotatable bonds is 2. The van der Waals surface area contributed by atoms with Gasteiger partial charge in [0.1, 0.15) is 0 Å². The molecule has 0 aliphatic rings. The number of carboxylic acid groups (broad SMARTS) is 1. The number of halogens is 1. The molecule has 0 bridgehead atoms. The Balaban J connectivity index is 0. The van der Waals surface area contributed by atoms with Crippen LogP contribution in [-0.4, -0.2) is 27.7 Å². The summed E-state index contributed by atoms with van der Waals surface area (Å²) in [5.41, 5.74) is 0. The van der Waals surface area contributed by atoms with E-state index >= 15 is 0 Å². The highest BCUT2D eigenvalue weighted by molar-refractivity contribution is 9.09.